The van der Waals surface area contributed by atoms with Gasteiger partial charge in [-0.1, -0.05) is 13.0 Å². The van der Waals surface area contributed by atoms with Gasteiger partial charge in [-0.2, -0.15) is 0 Å². The molecule has 1 atom stereocenters. The van der Waals surface area contributed by atoms with Gasteiger partial charge in [-0.05, 0) is 18.4 Å². The van der Waals surface area contributed by atoms with Crippen LogP contribution in [0.2, 0.25) is 0 Å². The van der Waals surface area contributed by atoms with E-state index in [2.05, 4.69) is 0 Å². The molecule has 0 spiro atoms. The number of nitrogens with two attached hydrogens (primary N) is 1. The number of hydrogen-bond donors (Lipinski definition) is 1. The highest BCUT2D eigenvalue weighted by Crippen LogP contribution is 2.22. The van der Waals surface area contributed by atoms with E-state index in [1.165, 1.54) is 6.26 Å². The third kappa shape index (κ3) is 1.88. The van der Waals surface area contributed by atoms with Crippen molar-refractivity contribution in [3.8, 4) is 0 Å². The average Bonchev–Trinajstić information content (AvgIpc) is 1.92. The van der Waals surface area contributed by atoms with Crippen molar-refractivity contribution in [2.45, 2.75) is 13.3 Å². The zero-order valence-electron chi connectivity index (χ0n) is 7.24. The normalized spacial score (nSPS) is 24.7. The molecular formula is C8H13NO2S. The third-order valence-electron chi connectivity index (χ3n) is 1.98. The Bertz CT molecular complexity index is 338. The molecule has 0 bridgehead atoms. The second-order valence-corrected chi connectivity index (χ2v) is 5.18. The van der Waals surface area contributed by atoms with Crippen molar-refractivity contribution in [2.75, 3.05) is 6.26 Å². The molecule has 0 heterocycles. The lowest BCUT2D eigenvalue weighted by Crippen LogP contribution is -2.14. The Kier molecular flexibility index (Phi) is 2.28. The van der Waals surface area contributed by atoms with Crippen LogP contribution in [0.3, 0.4) is 0 Å². The smallest absolute Gasteiger partial charge is 0.175 e. The molecule has 0 saturated heterocycles. The molecule has 2 N–H and O–H groups in total. The van der Waals surface area contributed by atoms with Crippen LogP contribution in [0.5, 0.6) is 0 Å². The van der Waals surface area contributed by atoms with Gasteiger partial charge in [0.25, 0.3) is 0 Å². The summed E-state index contributed by atoms with van der Waals surface area (Å²) >= 11 is 0. The van der Waals surface area contributed by atoms with E-state index in [-0.39, 0.29) is 5.92 Å². The third-order valence-corrected chi connectivity index (χ3v) is 3.12. The maximum Gasteiger partial charge on any atom is 0.175 e. The molecule has 0 aromatic rings. The standard InChI is InChI=1S/C8H13NO2S/c1-6-3-4-7(5-8(6)9)12(2,10)11/h4-6H,3,9H2,1-2H3/t6-/m1/s1. The highest BCUT2D eigenvalue weighted by Gasteiger charge is 2.16. The minimum Gasteiger partial charge on any atom is -0.402 e. The zero-order chi connectivity index (χ0) is 9.35. The monoisotopic (exact) mass is 187 g/mol. The predicted molar refractivity (Wildman–Crippen MR) is 49.0 cm³/mol. The first-order valence-corrected chi connectivity index (χ1v) is 5.67. The Balaban J connectivity index is 3.01. The number of sulfone groups is 1. The molecule has 0 aromatic heterocycles. The van der Waals surface area contributed by atoms with Gasteiger partial charge in [0.15, 0.2) is 9.84 Å². The molecule has 68 valence electrons. The fourth-order valence-electron chi connectivity index (χ4n) is 1.05. The van der Waals surface area contributed by atoms with E-state index in [9.17, 15) is 8.42 Å². The lowest BCUT2D eigenvalue weighted by atomic mass is 10.00. The molecule has 1 aliphatic carbocycles. The van der Waals surface area contributed by atoms with Crippen LogP contribution in [0.15, 0.2) is 22.8 Å². The molecule has 1 rings (SSSR count). The van der Waals surface area contributed by atoms with Crippen molar-refractivity contribution in [1.82, 2.24) is 0 Å². The Morgan fingerprint density at radius 2 is 2.17 bits per heavy atom. The number of rotatable bonds is 1. The first kappa shape index (κ1) is 9.32. The van der Waals surface area contributed by atoms with Crippen molar-refractivity contribution in [3.05, 3.63) is 22.8 Å². The SMILES string of the molecule is C[C@@H]1CC=C(S(C)(=O)=O)C=C1N. The van der Waals surface area contributed by atoms with Crippen LogP contribution in [0.1, 0.15) is 13.3 Å². The van der Waals surface area contributed by atoms with Crippen molar-refractivity contribution >= 4 is 9.84 Å². The van der Waals surface area contributed by atoms with Gasteiger partial charge in [-0.3, -0.25) is 0 Å². The van der Waals surface area contributed by atoms with Crippen molar-refractivity contribution in [2.24, 2.45) is 11.7 Å². The van der Waals surface area contributed by atoms with E-state index in [0.29, 0.717) is 17.0 Å². The van der Waals surface area contributed by atoms with Gasteiger partial charge < -0.3 is 5.73 Å². The quantitative estimate of drug-likeness (QED) is 0.660. The fraction of sp³-hybridized carbons (Fsp3) is 0.500. The number of allylic oxidation sites excluding steroid dienone is 3. The summed E-state index contributed by atoms with van der Waals surface area (Å²) in [6, 6.07) is 0. The van der Waals surface area contributed by atoms with Gasteiger partial charge in [0, 0.05) is 12.0 Å². The van der Waals surface area contributed by atoms with Crippen LogP contribution in [-0.4, -0.2) is 14.7 Å². The molecule has 0 aromatic carbocycles. The van der Waals surface area contributed by atoms with Gasteiger partial charge >= 0.3 is 0 Å². The summed E-state index contributed by atoms with van der Waals surface area (Å²) in [5.74, 6) is 0.260. The van der Waals surface area contributed by atoms with Gasteiger partial charge in [-0.25, -0.2) is 8.42 Å². The van der Waals surface area contributed by atoms with E-state index in [1.54, 1.807) is 12.2 Å². The maximum absolute atomic E-state index is 11.1. The van der Waals surface area contributed by atoms with E-state index in [1.807, 2.05) is 6.92 Å². The molecule has 0 fully saturated rings. The molecule has 0 radical (unpaired) electrons. The van der Waals surface area contributed by atoms with Gasteiger partial charge in [0.05, 0.1) is 4.91 Å². The first-order chi connectivity index (χ1) is 5.41. The number of hydrogen-bond acceptors (Lipinski definition) is 3. The van der Waals surface area contributed by atoms with Crippen LogP contribution in [0, 0.1) is 5.92 Å². The maximum atomic E-state index is 11.1. The van der Waals surface area contributed by atoms with E-state index in [0.717, 1.165) is 0 Å². The van der Waals surface area contributed by atoms with Crippen molar-refractivity contribution in [3.63, 3.8) is 0 Å². The minimum atomic E-state index is -3.08. The van der Waals surface area contributed by atoms with Crippen LogP contribution < -0.4 is 5.73 Å². The van der Waals surface area contributed by atoms with Gasteiger partial charge in [0.2, 0.25) is 0 Å². The Morgan fingerprint density at radius 3 is 2.58 bits per heavy atom. The van der Waals surface area contributed by atoms with Crippen molar-refractivity contribution in [1.29, 1.82) is 0 Å². The van der Waals surface area contributed by atoms with Crippen LogP contribution in [0.4, 0.5) is 0 Å². The molecule has 0 unspecified atom stereocenters. The first-order valence-electron chi connectivity index (χ1n) is 3.78. The highest BCUT2D eigenvalue weighted by molar-refractivity contribution is 7.94. The fourth-order valence-corrected chi connectivity index (χ4v) is 1.80. The lowest BCUT2D eigenvalue weighted by molar-refractivity contribution is 0.606. The zero-order valence-corrected chi connectivity index (χ0v) is 8.06. The van der Waals surface area contributed by atoms with Gasteiger partial charge in [0.1, 0.15) is 0 Å². The second-order valence-electron chi connectivity index (χ2n) is 3.16. The summed E-state index contributed by atoms with van der Waals surface area (Å²) in [6.45, 7) is 1.97. The van der Waals surface area contributed by atoms with E-state index >= 15 is 0 Å². The highest BCUT2D eigenvalue weighted by atomic mass is 32.2. The topological polar surface area (TPSA) is 60.2 Å². The minimum absolute atomic E-state index is 0.260. The second kappa shape index (κ2) is 2.94. The lowest BCUT2D eigenvalue weighted by Gasteiger charge is -2.15. The predicted octanol–water partition coefficient (Wildman–Crippen LogP) is 0.797. The van der Waals surface area contributed by atoms with E-state index < -0.39 is 9.84 Å². The summed E-state index contributed by atoms with van der Waals surface area (Å²) < 4.78 is 22.1. The summed E-state index contributed by atoms with van der Waals surface area (Å²) in [5, 5.41) is 0. The van der Waals surface area contributed by atoms with Crippen LogP contribution in [-0.2, 0) is 9.84 Å². The summed E-state index contributed by atoms with van der Waals surface area (Å²) in [6.07, 6.45) is 5.17. The van der Waals surface area contributed by atoms with Crippen molar-refractivity contribution < 1.29 is 8.42 Å². The summed E-state index contributed by atoms with van der Waals surface area (Å²) in [5.41, 5.74) is 6.27. The molecule has 0 saturated carbocycles. The van der Waals surface area contributed by atoms with Gasteiger partial charge in [-0.15, -0.1) is 0 Å². The summed E-state index contributed by atoms with van der Waals surface area (Å²) in [7, 11) is -3.08. The molecule has 3 nitrogen and oxygen atoms in total. The van der Waals surface area contributed by atoms with Crippen LogP contribution >= 0.6 is 0 Å². The largest absolute Gasteiger partial charge is 0.402 e. The Labute approximate surface area is 72.9 Å². The molecule has 4 heteroatoms. The Hall–Kier alpha value is -0.770. The molecule has 12 heavy (non-hydrogen) atoms. The van der Waals surface area contributed by atoms with Crippen LogP contribution in [0.25, 0.3) is 0 Å². The van der Waals surface area contributed by atoms with E-state index in [4.69, 9.17) is 5.73 Å². The molecule has 0 aliphatic heterocycles. The summed E-state index contributed by atoms with van der Waals surface area (Å²) in [4.78, 5) is 0.345. The molecule has 1 aliphatic rings. The average molecular weight is 187 g/mol. The molecular weight excluding hydrogens is 174 g/mol. The Morgan fingerprint density at radius 1 is 1.58 bits per heavy atom. The molecule has 0 amide bonds.